The van der Waals surface area contributed by atoms with Crippen LogP contribution in [0.2, 0.25) is 0 Å². The molecule has 0 bridgehead atoms. The zero-order valence-corrected chi connectivity index (χ0v) is 15.9. The van der Waals surface area contributed by atoms with Gasteiger partial charge in [-0.15, -0.1) is 0 Å². The number of rotatable bonds is 5. The third-order valence-electron chi connectivity index (χ3n) is 4.69. The molecule has 0 aliphatic heterocycles. The van der Waals surface area contributed by atoms with Crippen LogP contribution in [-0.4, -0.2) is 37.7 Å². The van der Waals surface area contributed by atoms with Gasteiger partial charge in [0.2, 0.25) is 10.0 Å². The van der Waals surface area contributed by atoms with Crippen molar-refractivity contribution in [2.75, 3.05) is 11.0 Å². The molecule has 1 saturated carbocycles. The van der Waals surface area contributed by atoms with E-state index in [1.165, 1.54) is 6.07 Å². The summed E-state index contributed by atoms with van der Waals surface area (Å²) in [5, 5.41) is 12.3. The third-order valence-corrected chi connectivity index (χ3v) is 5.29. The quantitative estimate of drug-likeness (QED) is 0.724. The summed E-state index contributed by atoms with van der Waals surface area (Å²) < 4.78 is 25.3. The number of amides is 1. The number of aryl methyl sites for hydroxylation is 1. The van der Waals surface area contributed by atoms with Crippen LogP contribution in [0.15, 0.2) is 18.2 Å². The Morgan fingerprint density at radius 2 is 1.77 bits per heavy atom. The lowest BCUT2D eigenvalue weighted by atomic mass is 9.86. The first-order valence-electron chi connectivity index (χ1n) is 8.79. The Labute approximate surface area is 154 Å². The van der Waals surface area contributed by atoms with E-state index in [4.69, 9.17) is 0 Å². The molecule has 1 amide bonds. The number of benzene rings is 1. The number of nitrogens with one attached hydrogen (secondary N) is 2. The molecule has 1 fully saturated rings. The zero-order chi connectivity index (χ0) is 19.3. The number of anilines is 1. The summed E-state index contributed by atoms with van der Waals surface area (Å²) in [4.78, 5) is 24.2. The summed E-state index contributed by atoms with van der Waals surface area (Å²) in [6.07, 6.45) is 6.00. The minimum absolute atomic E-state index is 0.299. The predicted molar refractivity (Wildman–Crippen MR) is 99.7 cm³/mol. The molecule has 1 aromatic rings. The summed E-state index contributed by atoms with van der Waals surface area (Å²) >= 11 is 0. The largest absolute Gasteiger partial charge is 0.481 e. The molecule has 0 saturated heterocycles. The van der Waals surface area contributed by atoms with Crippen molar-refractivity contribution in [1.29, 1.82) is 0 Å². The van der Waals surface area contributed by atoms with Gasteiger partial charge in [-0.3, -0.25) is 14.3 Å². The summed E-state index contributed by atoms with van der Waals surface area (Å²) in [6.45, 7) is 1.74. The van der Waals surface area contributed by atoms with Gasteiger partial charge in [-0.1, -0.05) is 31.7 Å². The average Bonchev–Trinajstić information content (AvgIpc) is 2.50. The second-order valence-electron chi connectivity index (χ2n) is 6.92. The molecule has 0 radical (unpaired) electrons. The maximum absolute atomic E-state index is 12.6. The fraction of sp³-hybridized carbons (Fsp3) is 0.556. The van der Waals surface area contributed by atoms with E-state index in [1.54, 1.807) is 19.1 Å². The van der Waals surface area contributed by atoms with Crippen molar-refractivity contribution in [3.8, 4) is 0 Å². The molecular weight excluding hydrogens is 356 g/mol. The third kappa shape index (κ3) is 5.72. The summed E-state index contributed by atoms with van der Waals surface area (Å²) in [6, 6.07) is 4.32. The monoisotopic (exact) mass is 382 g/mol. The molecule has 1 aliphatic carbocycles. The van der Waals surface area contributed by atoms with Crippen LogP contribution in [-0.2, 0) is 14.8 Å². The van der Waals surface area contributed by atoms with Crippen molar-refractivity contribution in [2.45, 2.75) is 51.5 Å². The lowest BCUT2D eigenvalue weighted by molar-refractivity contribution is -0.143. The highest BCUT2D eigenvalue weighted by Crippen LogP contribution is 2.24. The Bertz CT molecular complexity index is 776. The smallest absolute Gasteiger partial charge is 0.308 e. The van der Waals surface area contributed by atoms with Crippen molar-refractivity contribution in [3.05, 3.63) is 29.3 Å². The van der Waals surface area contributed by atoms with Gasteiger partial charge >= 0.3 is 5.97 Å². The van der Waals surface area contributed by atoms with Crippen LogP contribution in [0.3, 0.4) is 0 Å². The first-order chi connectivity index (χ1) is 12.2. The van der Waals surface area contributed by atoms with Gasteiger partial charge < -0.3 is 10.4 Å². The van der Waals surface area contributed by atoms with Crippen LogP contribution in [0.5, 0.6) is 0 Å². The van der Waals surface area contributed by atoms with Gasteiger partial charge in [-0.2, -0.15) is 0 Å². The number of aliphatic carboxylic acids is 1. The second kappa shape index (κ2) is 8.53. The highest BCUT2D eigenvalue weighted by molar-refractivity contribution is 7.92. The van der Waals surface area contributed by atoms with Crippen molar-refractivity contribution < 1.29 is 23.1 Å². The van der Waals surface area contributed by atoms with Crippen molar-refractivity contribution in [3.63, 3.8) is 0 Å². The minimum atomic E-state index is -3.46. The van der Waals surface area contributed by atoms with Crippen molar-refractivity contribution in [2.24, 2.45) is 5.92 Å². The standard InChI is InChI=1S/C18H26N2O5S/c1-12-9-10-13(11-16(12)20-26(2,24)25)17(21)19-15-8-6-4-3-5-7-14(15)18(22)23/h9-11,14-15,20H,3-8H2,1-2H3,(H,19,21)(H,22,23). The van der Waals surface area contributed by atoms with Gasteiger partial charge in [0.25, 0.3) is 5.91 Å². The minimum Gasteiger partial charge on any atom is -0.481 e. The van der Waals surface area contributed by atoms with E-state index in [1.807, 2.05) is 0 Å². The van der Waals surface area contributed by atoms with E-state index < -0.39 is 33.9 Å². The van der Waals surface area contributed by atoms with Gasteiger partial charge in [0.05, 0.1) is 17.9 Å². The molecular formula is C18H26N2O5S. The topological polar surface area (TPSA) is 113 Å². The number of hydrogen-bond donors (Lipinski definition) is 3. The zero-order valence-electron chi connectivity index (χ0n) is 15.1. The summed E-state index contributed by atoms with van der Waals surface area (Å²) in [5.74, 6) is -1.88. The van der Waals surface area contributed by atoms with Crippen LogP contribution in [0.4, 0.5) is 5.69 Å². The molecule has 0 heterocycles. The van der Waals surface area contributed by atoms with Gasteiger partial charge in [0.1, 0.15) is 0 Å². The fourth-order valence-electron chi connectivity index (χ4n) is 3.28. The number of sulfonamides is 1. The summed E-state index contributed by atoms with van der Waals surface area (Å²) in [5.41, 5.74) is 1.34. The molecule has 0 aromatic heterocycles. The molecule has 26 heavy (non-hydrogen) atoms. The highest BCUT2D eigenvalue weighted by Gasteiger charge is 2.30. The normalized spacial score (nSPS) is 21.3. The van der Waals surface area contributed by atoms with Crippen molar-refractivity contribution >= 4 is 27.6 Å². The Morgan fingerprint density at radius 3 is 2.38 bits per heavy atom. The molecule has 3 N–H and O–H groups in total. The van der Waals surface area contributed by atoms with E-state index in [9.17, 15) is 23.1 Å². The Morgan fingerprint density at radius 1 is 1.12 bits per heavy atom. The number of carbonyl (C=O) groups excluding carboxylic acids is 1. The molecule has 1 aliphatic rings. The van der Waals surface area contributed by atoms with Crippen LogP contribution in [0.25, 0.3) is 0 Å². The average molecular weight is 382 g/mol. The van der Waals surface area contributed by atoms with E-state index in [0.717, 1.165) is 31.9 Å². The van der Waals surface area contributed by atoms with Gasteiger partial charge in [-0.25, -0.2) is 8.42 Å². The van der Waals surface area contributed by atoms with E-state index in [-0.39, 0.29) is 0 Å². The maximum Gasteiger partial charge on any atom is 0.308 e. The second-order valence-corrected chi connectivity index (χ2v) is 8.67. The van der Waals surface area contributed by atoms with E-state index in [0.29, 0.717) is 29.7 Å². The van der Waals surface area contributed by atoms with E-state index in [2.05, 4.69) is 10.0 Å². The first kappa shape index (κ1) is 20.2. The van der Waals surface area contributed by atoms with Crippen LogP contribution >= 0.6 is 0 Å². The molecule has 7 nitrogen and oxygen atoms in total. The Balaban J connectivity index is 2.19. The lowest BCUT2D eigenvalue weighted by Gasteiger charge is -2.27. The number of carbonyl (C=O) groups is 2. The molecule has 2 unspecified atom stereocenters. The molecule has 2 atom stereocenters. The molecule has 1 aromatic carbocycles. The number of carboxylic acids is 1. The molecule has 2 rings (SSSR count). The Kier molecular flexibility index (Phi) is 6.63. The predicted octanol–water partition coefficient (Wildman–Crippen LogP) is 2.52. The van der Waals surface area contributed by atoms with Gasteiger partial charge in [0, 0.05) is 11.6 Å². The molecule has 0 spiro atoms. The molecule has 8 heteroatoms. The van der Waals surface area contributed by atoms with Gasteiger partial charge in [0.15, 0.2) is 0 Å². The van der Waals surface area contributed by atoms with Crippen LogP contribution in [0.1, 0.15) is 54.4 Å². The van der Waals surface area contributed by atoms with E-state index >= 15 is 0 Å². The molecule has 144 valence electrons. The highest BCUT2D eigenvalue weighted by atomic mass is 32.2. The first-order valence-corrected chi connectivity index (χ1v) is 10.7. The SMILES string of the molecule is Cc1ccc(C(=O)NC2CCCCCCC2C(=O)O)cc1NS(C)(=O)=O. The fourth-order valence-corrected chi connectivity index (χ4v) is 3.90. The Hall–Kier alpha value is -2.09. The number of carboxylic acid groups (broad SMARTS) is 1. The van der Waals surface area contributed by atoms with Crippen molar-refractivity contribution in [1.82, 2.24) is 5.32 Å². The number of hydrogen-bond acceptors (Lipinski definition) is 4. The lowest BCUT2D eigenvalue weighted by Crippen LogP contribution is -2.44. The maximum atomic E-state index is 12.6. The van der Waals surface area contributed by atoms with Crippen LogP contribution in [0, 0.1) is 12.8 Å². The van der Waals surface area contributed by atoms with Gasteiger partial charge in [-0.05, 0) is 37.5 Å². The summed E-state index contributed by atoms with van der Waals surface area (Å²) in [7, 11) is -3.46. The van der Waals surface area contributed by atoms with Crippen LogP contribution < -0.4 is 10.0 Å².